The molecule has 0 unspecified atom stereocenters. The lowest BCUT2D eigenvalue weighted by Gasteiger charge is -2.33. The smallest absolute Gasteiger partial charge is 0.354 e. The number of carbonyl (C=O) groups is 2. The maximum atomic E-state index is 12.2. The number of hydrogen-bond donors (Lipinski definition) is 1. The molecule has 1 aliphatic heterocycles. The Morgan fingerprint density at radius 3 is 2.45 bits per heavy atom. The molecule has 0 spiro atoms. The number of carboxylic acids is 1. The molecule has 2 rings (SSSR count). The molecule has 0 aliphatic carbocycles. The number of carbonyl (C=O) groups excluding carboxylic acids is 1. The molecule has 0 saturated carbocycles. The summed E-state index contributed by atoms with van der Waals surface area (Å²) in [5.74, 6) is -1.39. The van der Waals surface area contributed by atoms with E-state index in [4.69, 9.17) is 5.11 Å². The molecule has 0 radical (unpaired) electrons. The standard InChI is InChI=1S/C12H18N4O5S/c1-2-22(20,21)15-7-5-14(6-8-15)11(17)9-16-10(12(18)19)3-4-13-16/h3-4H,2,5-9H2,1H3,(H,18,19). The molecule has 1 fully saturated rings. The first-order valence-corrected chi connectivity index (χ1v) is 8.46. The fourth-order valence-electron chi connectivity index (χ4n) is 2.27. The molecule has 0 bridgehead atoms. The van der Waals surface area contributed by atoms with Gasteiger partial charge in [-0.1, -0.05) is 0 Å². The maximum absolute atomic E-state index is 12.2. The van der Waals surface area contributed by atoms with Gasteiger partial charge in [0.05, 0.1) is 5.75 Å². The van der Waals surface area contributed by atoms with E-state index in [1.807, 2.05) is 0 Å². The molecular weight excluding hydrogens is 312 g/mol. The van der Waals surface area contributed by atoms with Crippen molar-refractivity contribution in [2.24, 2.45) is 0 Å². The molecule has 1 N–H and O–H groups in total. The zero-order valence-corrected chi connectivity index (χ0v) is 13.0. The number of carboxylic acid groups (broad SMARTS) is 1. The number of aromatic carboxylic acids is 1. The number of hydrogen-bond acceptors (Lipinski definition) is 5. The second-order valence-electron chi connectivity index (χ2n) is 4.86. The van der Waals surface area contributed by atoms with Crippen molar-refractivity contribution in [1.29, 1.82) is 0 Å². The summed E-state index contributed by atoms with van der Waals surface area (Å²) in [4.78, 5) is 24.7. The van der Waals surface area contributed by atoms with Gasteiger partial charge in [0.15, 0.2) is 0 Å². The Hall–Kier alpha value is -1.94. The largest absolute Gasteiger partial charge is 0.477 e. The van der Waals surface area contributed by atoms with Gasteiger partial charge >= 0.3 is 5.97 Å². The zero-order chi connectivity index (χ0) is 16.3. The van der Waals surface area contributed by atoms with Crippen LogP contribution in [-0.4, -0.2) is 76.3 Å². The normalized spacial score (nSPS) is 16.7. The average molecular weight is 330 g/mol. The minimum atomic E-state index is -3.24. The molecule has 1 aromatic heterocycles. The van der Waals surface area contributed by atoms with Crippen molar-refractivity contribution in [2.45, 2.75) is 13.5 Å². The molecule has 10 heteroatoms. The molecule has 0 atom stereocenters. The number of nitrogens with zero attached hydrogens (tertiary/aromatic N) is 4. The van der Waals surface area contributed by atoms with Crippen molar-refractivity contribution in [3.63, 3.8) is 0 Å². The summed E-state index contributed by atoms with van der Waals surface area (Å²) in [6.07, 6.45) is 1.32. The molecule has 9 nitrogen and oxygen atoms in total. The van der Waals surface area contributed by atoms with Crippen molar-refractivity contribution in [2.75, 3.05) is 31.9 Å². The average Bonchev–Trinajstić information content (AvgIpc) is 2.95. The second kappa shape index (κ2) is 6.44. The van der Waals surface area contributed by atoms with E-state index < -0.39 is 16.0 Å². The van der Waals surface area contributed by atoms with Gasteiger partial charge in [-0.2, -0.15) is 9.40 Å². The number of sulfonamides is 1. The molecule has 1 aliphatic rings. The molecule has 1 amide bonds. The lowest BCUT2D eigenvalue weighted by atomic mass is 10.3. The Morgan fingerprint density at radius 2 is 1.91 bits per heavy atom. The molecule has 1 saturated heterocycles. The Labute approximate surface area is 128 Å². The van der Waals surface area contributed by atoms with Crippen LogP contribution in [0.3, 0.4) is 0 Å². The monoisotopic (exact) mass is 330 g/mol. The Morgan fingerprint density at radius 1 is 1.27 bits per heavy atom. The fraction of sp³-hybridized carbons (Fsp3) is 0.583. The highest BCUT2D eigenvalue weighted by molar-refractivity contribution is 7.89. The summed E-state index contributed by atoms with van der Waals surface area (Å²) < 4.78 is 26.0. The summed E-state index contributed by atoms with van der Waals surface area (Å²) in [6.45, 7) is 2.51. The van der Waals surface area contributed by atoms with E-state index in [2.05, 4.69) is 5.10 Å². The summed E-state index contributed by atoms with van der Waals surface area (Å²) >= 11 is 0. The van der Waals surface area contributed by atoms with Gasteiger partial charge in [-0.3, -0.25) is 4.79 Å². The maximum Gasteiger partial charge on any atom is 0.354 e. The number of rotatable bonds is 5. The van der Waals surface area contributed by atoms with Gasteiger partial charge < -0.3 is 10.0 Å². The molecule has 1 aromatic rings. The highest BCUT2D eigenvalue weighted by Gasteiger charge is 2.28. The molecule has 22 heavy (non-hydrogen) atoms. The van der Waals surface area contributed by atoms with Crippen LogP contribution in [0.25, 0.3) is 0 Å². The first-order valence-electron chi connectivity index (χ1n) is 6.86. The van der Waals surface area contributed by atoms with Crippen LogP contribution in [0.2, 0.25) is 0 Å². The van der Waals surface area contributed by atoms with E-state index in [1.54, 1.807) is 6.92 Å². The molecule has 2 heterocycles. The Kier molecular flexibility index (Phi) is 4.81. The Balaban J connectivity index is 1.96. The van der Waals surface area contributed by atoms with Crippen molar-refractivity contribution in [3.05, 3.63) is 18.0 Å². The number of amides is 1. The predicted octanol–water partition coefficient (Wildman–Crippen LogP) is -0.925. The summed E-state index contributed by atoms with van der Waals surface area (Å²) in [5, 5.41) is 12.8. The Bertz CT molecular complexity index is 661. The van der Waals surface area contributed by atoms with Crippen molar-refractivity contribution >= 4 is 21.9 Å². The first kappa shape index (κ1) is 16.4. The van der Waals surface area contributed by atoms with Crippen LogP contribution in [0, 0.1) is 0 Å². The van der Waals surface area contributed by atoms with Crippen LogP contribution >= 0.6 is 0 Å². The zero-order valence-electron chi connectivity index (χ0n) is 12.2. The minimum Gasteiger partial charge on any atom is -0.477 e. The van der Waals surface area contributed by atoms with Gasteiger partial charge in [-0.15, -0.1) is 0 Å². The van der Waals surface area contributed by atoms with Gasteiger partial charge in [-0.05, 0) is 13.0 Å². The second-order valence-corrected chi connectivity index (χ2v) is 7.12. The SMILES string of the molecule is CCS(=O)(=O)N1CCN(C(=O)Cn2nccc2C(=O)O)CC1. The highest BCUT2D eigenvalue weighted by Crippen LogP contribution is 2.09. The predicted molar refractivity (Wildman–Crippen MR) is 76.8 cm³/mol. The minimum absolute atomic E-state index is 0.0379. The summed E-state index contributed by atoms with van der Waals surface area (Å²) in [7, 11) is -3.24. The van der Waals surface area contributed by atoms with Crippen molar-refractivity contribution in [1.82, 2.24) is 19.0 Å². The van der Waals surface area contributed by atoms with Crippen LogP contribution in [0.4, 0.5) is 0 Å². The quantitative estimate of drug-likeness (QED) is 0.747. The first-order chi connectivity index (χ1) is 10.3. The van der Waals surface area contributed by atoms with E-state index in [9.17, 15) is 18.0 Å². The lowest BCUT2D eigenvalue weighted by molar-refractivity contribution is -0.133. The van der Waals surface area contributed by atoms with E-state index in [1.165, 1.54) is 21.5 Å². The van der Waals surface area contributed by atoms with Crippen LogP contribution < -0.4 is 0 Å². The third kappa shape index (κ3) is 3.45. The van der Waals surface area contributed by atoms with Crippen molar-refractivity contribution < 1.29 is 23.1 Å². The molecule has 0 aromatic carbocycles. The summed E-state index contributed by atoms with van der Waals surface area (Å²) in [5.41, 5.74) is -0.0550. The summed E-state index contributed by atoms with van der Waals surface area (Å²) in [6, 6.07) is 1.32. The van der Waals surface area contributed by atoms with E-state index in [-0.39, 0.29) is 37.0 Å². The molecular formula is C12H18N4O5S. The molecule has 122 valence electrons. The van der Waals surface area contributed by atoms with Gasteiger partial charge in [-0.25, -0.2) is 17.9 Å². The van der Waals surface area contributed by atoms with Crippen LogP contribution in [0.5, 0.6) is 0 Å². The number of aromatic nitrogens is 2. The van der Waals surface area contributed by atoms with Gasteiger partial charge in [0, 0.05) is 32.4 Å². The third-order valence-corrected chi connectivity index (χ3v) is 5.45. The van der Waals surface area contributed by atoms with Crippen LogP contribution in [0.15, 0.2) is 12.3 Å². The van der Waals surface area contributed by atoms with Gasteiger partial charge in [0.25, 0.3) is 0 Å². The van der Waals surface area contributed by atoms with Gasteiger partial charge in [0.2, 0.25) is 15.9 Å². The van der Waals surface area contributed by atoms with E-state index in [0.29, 0.717) is 13.1 Å². The third-order valence-electron chi connectivity index (χ3n) is 3.57. The van der Waals surface area contributed by atoms with E-state index >= 15 is 0 Å². The topological polar surface area (TPSA) is 113 Å². The fourth-order valence-corrected chi connectivity index (χ4v) is 3.35. The number of piperazine rings is 1. The van der Waals surface area contributed by atoms with Crippen molar-refractivity contribution in [3.8, 4) is 0 Å². The highest BCUT2D eigenvalue weighted by atomic mass is 32.2. The van der Waals surface area contributed by atoms with E-state index in [0.717, 1.165) is 4.68 Å². The lowest BCUT2D eigenvalue weighted by Crippen LogP contribution is -2.51. The van der Waals surface area contributed by atoms with Crippen LogP contribution in [0.1, 0.15) is 17.4 Å². The van der Waals surface area contributed by atoms with Gasteiger partial charge in [0.1, 0.15) is 12.2 Å². The van der Waals surface area contributed by atoms with Crippen LogP contribution in [-0.2, 0) is 21.4 Å².